The number of furan rings is 1. The predicted molar refractivity (Wildman–Crippen MR) is 99.2 cm³/mol. The van der Waals surface area contributed by atoms with Crippen molar-refractivity contribution in [2.75, 3.05) is 18.7 Å². The summed E-state index contributed by atoms with van der Waals surface area (Å²) in [4.78, 5) is 24.1. The number of carbonyl (C=O) groups is 2. The number of amides is 1. The lowest BCUT2D eigenvalue weighted by Crippen LogP contribution is -2.13. The van der Waals surface area contributed by atoms with Gasteiger partial charge in [0.05, 0.1) is 12.7 Å². The van der Waals surface area contributed by atoms with Crippen LogP contribution in [0.2, 0.25) is 0 Å². The molecule has 0 spiro atoms. The summed E-state index contributed by atoms with van der Waals surface area (Å²) >= 11 is 1.63. The van der Waals surface area contributed by atoms with Gasteiger partial charge in [-0.3, -0.25) is 4.79 Å². The molecule has 0 saturated carbocycles. The smallest absolute Gasteiger partial charge is 0.337 e. The molecule has 0 radical (unpaired) electrons. The van der Waals surface area contributed by atoms with E-state index in [9.17, 15) is 9.59 Å². The number of anilines is 1. The average molecular weight is 355 g/mol. The topological polar surface area (TPSA) is 68.5 Å². The Bertz CT molecular complexity index is 915. The summed E-state index contributed by atoms with van der Waals surface area (Å²) in [5, 5.41) is 3.76. The van der Waals surface area contributed by atoms with Gasteiger partial charge in [0.25, 0.3) is 5.91 Å². The molecule has 5 nitrogen and oxygen atoms in total. The Hall–Kier alpha value is -2.73. The number of nitrogens with one attached hydrogen (secondary N) is 1. The van der Waals surface area contributed by atoms with Gasteiger partial charge >= 0.3 is 5.97 Å². The number of fused-ring (bicyclic) bond motifs is 1. The van der Waals surface area contributed by atoms with Crippen molar-refractivity contribution < 1.29 is 18.7 Å². The molecule has 0 fully saturated rings. The van der Waals surface area contributed by atoms with Crippen molar-refractivity contribution in [1.82, 2.24) is 0 Å². The third-order valence-electron chi connectivity index (χ3n) is 3.76. The molecule has 25 heavy (non-hydrogen) atoms. The maximum atomic E-state index is 12.6. The molecule has 0 aliphatic heterocycles. The normalized spacial score (nSPS) is 10.6. The third kappa shape index (κ3) is 3.53. The van der Waals surface area contributed by atoms with Crippen molar-refractivity contribution in [2.45, 2.75) is 5.75 Å². The highest BCUT2D eigenvalue weighted by molar-refractivity contribution is 7.97. The van der Waals surface area contributed by atoms with Gasteiger partial charge in [-0.1, -0.05) is 18.2 Å². The first-order chi connectivity index (χ1) is 12.1. The summed E-state index contributed by atoms with van der Waals surface area (Å²) in [5.41, 5.74) is 2.57. The number of hydrogen-bond acceptors (Lipinski definition) is 5. The lowest BCUT2D eigenvalue weighted by molar-refractivity contribution is 0.0600. The summed E-state index contributed by atoms with van der Waals surface area (Å²) in [6.45, 7) is 0. The van der Waals surface area contributed by atoms with Crippen LogP contribution in [0.4, 0.5) is 5.69 Å². The van der Waals surface area contributed by atoms with E-state index in [2.05, 4.69) is 10.1 Å². The first-order valence-electron chi connectivity index (χ1n) is 7.63. The molecule has 0 bridgehead atoms. The fourth-order valence-electron chi connectivity index (χ4n) is 2.57. The number of ether oxygens (including phenoxy) is 1. The SMILES string of the molecule is COC(=O)c1ccc(NC(=O)c2oc3ccccc3c2CSC)cc1. The lowest BCUT2D eigenvalue weighted by Gasteiger charge is -2.06. The molecule has 1 N–H and O–H groups in total. The second-order valence-corrected chi connectivity index (χ2v) is 6.23. The van der Waals surface area contributed by atoms with Crippen LogP contribution in [0.3, 0.4) is 0 Å². The van der Waals surface area contributed by atoms with Crippen molar-refractivity contribution in [3.63, 3.8) is 0 Å². The van der Waals surface area contributed by atoms with Gasteiger partial charge < -0.3 is 14.5 Å². The highest BCUT2D eigenvalue weighted by Crippen LogP contribution is 2.29. The monoisotopic (exact) mass is 355 g/mol. The predicted octanol–water partition coefficient (Wildman–Crippen LogP) is 4.33. The van der Waals surface area contributed by atoms with E-state index in [1.165, 1.54) is 7.11 Å². The quantitative estimate of drug-likeness (QED) is 0.690. The molecule has 0 aliphatic rings. The number of benzene rings is 2. The first kappa shape index (κ1) is 17.1. The van der Waals surface area contributed by atoms with Gasteiger partial charge in [-0.25, -0.2) is 4.79 Å². The molecule has 0 atom stereocenters. The average Bonchev–Trinajstić information content (AvgIpc) is 3.01. The molecule has 0 saturated heterocycles. The zero-order valence-electron chi connectivity index (χ0n) is 13.9. The summed E-state index contributed by atoms with van der Waals surface area (Å²) in [6, 6.07) is 14.1. The third-order valence-corrected chi connectivity index (χ3v) is 4.33. The minimum absolute atomic E-state index is 0.313. The van der Waals surface area contributed by atoms with Crippen LogP contribution in [0.25, 0.3) is 11.0 Å². The second kappa shape index (κ2) is 7.44. The molecule has 1 aromatic heterocycles. The summed E-state index contributed by atoms with van der Waals surface area (Å²) in [7, 11) is 1.33. The van der Waals surface area contributed by atoms with Crippen LogP contribution in [0.5, 0.6) is 0 Å². The van der Waals surface area contributed by atoms with Gasteiger partial charge in [0.15, 0.2) is 5.76 Å². The Morgan fingerprint density at radius 3 is 2.52 bits per heavy atom. The zero-order chi connectivity index (χ0) is 17.8. The number of esters is 1. The van der Waals surface area contributed by atoms with Gasteiger partial charge in [0, 0.05) is 22.4 Å². The Morgan fingerprint density at radius 2 is 1.84 bits per heavy atom. The molecule has 0 unspecified atom stereocenters. The number of thioether (sulfide) groups is 1. The van der Waals surface area contributed by atoms with Crippen molar-refractivity contribution in [1.29, 1.82) is 0 Å². The number of methoxy groups -OCH3 is 1. The number of rotatable bonds is 5. The van der Waals surface area contributed by atoms with E-state index in [0.29, 0.717) is 28.3 Å². The van der Waals surface area contributed by atoms with E-state index in [-0.39, 0.29) is 5.91 Å². The molecule has 2 aromatic carbocycles. The van der Waals surface area contributed by atoms with Gasteiger partial charge in [-0.2, -0.15) is 11.8 Å². The summed E-state index contributed by atoms with van der Waals surface area (Å²) < 4.78 is 10.4. The molecular weight excluding hydrogens is 338 g/mol. The van der Waals surface area contributed by atoms with Crippen LogP contribution >= 0.6 is 11.8 Å². The number of hydrogen-bond donors (Lipinski definition) is 1. The van der Waals surface area contributed by atoms with Crippen molar-refractivity contribution in [2.24, 2.45) is 0 Å². The van der Waals surface area contributed by atoms with E-state index in [1.807, 2.05) is 30.5 Å². The largest absolute Gasteiger partial charge is 0.465 e. The van der Waals surface area contributed by atoms with Crippen molar-refractivity contribution in [3.8, 4) is 0 Å². The van der Waals surface area contributed by atoms with Crippen LogP contribution < -0.4 is 5.32 Å². The van der Waals surface area contributed by atoms with Gasteiger partial charge in [0.2, 0.25) is 0 Å². The highest BCUT2D eigenvalue weighted by Gasteiger charge is 2.20. The van der Waals surface area contributed by atoms with Gasteiger partial charge in [0.1, 0.15) is 5.58 Å². The molecule has 6 heteroatoms. The van der Waals surface area contributed by atoms with Crippen LogP contribution in [-0.2, 0) is 10.5 Å². The minimum atomic E-state index is -0.419. The van der Waals surface area contributed by atoms with E-state index < -0.39 is 5.97 Å². The Kier molecular flexibility index (Phi) is 5.09. The van der Waals surface area contributed by atoms with Crippen LogP contribution in [0.15, 0.2) is 52.9 Å². The fraction of sp³-hybridized carbons (Fsp3) is 0.158. The molecular formula is C19H17NO4S. The van der Waals surface area contributed by atoms with Crippen molar-refractivity contribution >= 4 is 40.3 Å². The molecule has 1 heterocycles. The van der Waals surface area contributed by atoms with E-state index in [0.717, 1.165) is 10.9 Å². The Labute approximate surface area is 149 Å². The maximum absolute atomic E-state index is 12.6. The summed E-state index contributed by atoms with van der Waals surface area (Å²) in [5.74, 6) is 0.261. The molecule has 128 valence electrons. The highest BCUT2D eigenvalue weighted by atomic mass is 32.2. The van der Waals surface area contributed by atoms with E-state index in [1.54, 1.807) is 36.0 Å². The van der Waals surface area contributed by atoms with E-state index in [4.69, 9.17) is 4.42 Å². The summed E-state index contributed by atoms with van der Waals surface area (Å²) in [6.07, 6.45) is 1.98. The fourth-order valence-corrected chi connectivity index (χ4v) is 3.14. The van der Waals surface area contributed by atoms with Crippen LogP contribution in [0.1, 0.15) is 26.5 Å². The molecule has 3 aromatic rings. The van der Waals surface area contributed by atoms with Gasteiger partial charge in [-0.15, -0.1) is 0 Å². The van der Waals surface area contributed by atoms with E-state index >= 15 is 0 Å². The number of para-hydroxylation sites is 1. The molecule has 1 amide bonds. The standard InChI is InChI=1S/C19H17NO4S/c1-23-19(22)12-7-9-13(10-8-12)20-18(21)17-15(11-25-2)14-5-3-4-6-16(14)24-17/h3-10H,11H2,1-2H3,(H,20,21). The maximum Gasteiger partial charge on any atom is 0.337 e. The first-order valence-corrected chi connectivity index (χ1v) is 9.02. The molecule has 0 aliphatic carbocycles. The minimum Gasteiger partial charge on any atom is -0.465 e. The van der Waals surface area contributed by atoms with Crippen LogP contribution in [0, 0.1) is 0 Å². The van der Waals surface area contributed by atoms with Crippen molar-refractivity contribution in [3.05, 3.63) is 65.4 Å². The Morgan fingerprint density at radius 1 is 1.12 bits per heavy atom. The number of carbonyl (C=O) groups excluding carboxylic acids is 2. The van der Waals surface area contributed by atoms with Crippen LogP contribution in [-0.4, -0.2) is 25.2 Å². The Balaban J connectivity index is 1.87. The molecule has 3 rings (SSSR count). The zero-order valence-corrected chi connectivity index (χ0v) is 14.7. The van der Waals surface area contributed by atoms with Gasteiger partial charge in [-0.05, 0) is 36.6 Å². The lowest BCUT2D eigenvalue weighted by atomic mass is 10.1. The second-order valence-electron chi connectivity index (χ2n) is 5.36.